The maximum Gasteiger partial charge on any atom is 0.346 e. The largest absolute Gasteiger partial charge is 0.477 e. The molecule has 0 bridgehead atoms. The number of carboxylic acid groups (broad SMARTS) is 1. The van der Waals surface area contributed by atoms with Crippen LogP contribution in [0.4, 0.5) is 0 Å². The van der Waals surface area contributed by atoms with Gasteiger partial charge in [0.2, 0.25) is 0 Å². The summed E-state index contributed by atoms with van der Waals surface area (Å²) in [5.74, 6) is -0.881. The molecule has 0 aromatic carbocycles. The molecule has 2 aromatic heterocycles. The highest BCUT2D eigenvalue weighted by atomic mass is 32.1. The Labute approximate surface area is 97.2 Å². The first kappa shape index (κ1) is 10.9. The quantitative estimate of drug-likeness (QED) is 0.888. The van der Waals surface area contributed by atoms with Crippen LogP contribution < -0.4 is 0 Å². The fourth-order valence-corrected chi connectivity index (χ4v) is 2.31. The molecule has 16 heavy (non-hydrogen) atoms. The average Bonchev–Trinajstić information content (AvgIpc) is 2.83. The van der Waals surface area contributed by atoms with Crippen LogP contribution in [0.25, 0.3) is 11.1 Å². The molecule has 2 aromatic rings. The second kappa shape index (κ2) is 4.49. The third kappa shape index (κ3) is 1.99. The van der Waals surface area contributed by atoms with E-state index in [2.05, 4.69) is 12.0 Å². The van der Waals surface area contributed by atoms with Crippen LogP contribution in [0.3, 0.4) is 0 Å². The summed E-state index contributed by atoms with van der Waals surface area (Å²) >= 11 is 1.24. The van der Waals surface area contributed by atoms with Gasteiger partial charge in [0.1, 0.15) is 4.88 Å². The van der Waals surface area contributed by atoms with E-state index in [9.17, 15) is 4.79 Å². The SMILES string of the molecule is CCCn1cc(-c2ccsc2C(=O)O)cn1. The van der Waals surface area contributed by atoms with E-state index in [-0.39, 0.29) is 0 Å². The molecule has 0 aliphatic heterocycles. The van der Waals surface area contributed by atoms with Crippen LogP contribution >= 0.6 is 11.3 Å². The third-order valence-electron chi connectivity index (χ3n) is 2.26. The van der Waals surface area contributed by atoms with Crippen molar-refractivity contribution in [3.8, 4) is 11.1 Å². The molecule has 0 amide bonds. The van der Waals surface area contributed by atoms with E-state index in [0.29, 0.717) is 4.88 Å². The number of rotatable bonds is 4. The zero-order chi connectivity index (χ0) is 11.5. The molecule has 0 unspecified atom stereocenters. The molecule has 0 aliphatic rings. The summed E-state index contributed by atoms with van der Waals surface area (Å²) in [5.41, 5.74) is 1.62. The minimum Gasteiger partial charge on any atom is -0.477 e. The van der Waals surface area contributed by atoms with Gasteiger partial charge in [-0.2, -0.15) is 5.10 Å². The second-order valence-corrected chi connectivity index (χ2v) is 4.38. The van der Waals surface area contributed by atoms with Gasteiger partial charge in [-0.05, 0) is 17.9 Å². The van der Waals surface area contributed by atoms with Crippen molar-refractivity contribution < 1.29 is 9.90 Å². The third-order valence-corrected chi connectivity index (χ3v) is 3.16. The van der Waals surface area contributed by atoms with E-state index in [1.165, 1.54) is 11.3 Å². The van der Waals surface area contributed by atoms with Crippen LogP contribution in [0.1, 0.15) is 23.0 Å². The molecule has 0 saturated carbocycles. The molecule has 0 atom stereocenters. The van der Waals surface area contributed by atoms with Crippen molar-refractivity contribution in [1.82, 2.24) is 9.78 Å². The Morgan fingerprint density at radius 3 is 3.12 bits per heavy atom. The van der Waals surface area contributed by atoms with Crippen LogP contribution in [0.5, 0.6) is 0 Å². The van der Waals surface area contributed by atoms with Crippen molar-refractivity contribution in [2.75, 3.05) is 0 Å². The second-order valence-electron chi connectivity index (χ2n) is 3.46. The number of nitrogens with zero attached hydrogens (tertiary/aromatic N) is 2. The number of carbonyl (C=O) groups is 1. The van der Waals surface area contributed by atoms with E-state index in [1.54, 1.807) is 11.6 Å². The van der Waals surface area contributed by atoms with Gasteiger partial charge >= 0.3 is 5.97 Å². The van der Waals surface area contributed by atoms with Crippen LogP contribution in [-0.4, -0.2) is 20.9 Å². The standard InChI is InChI=1S/C11H12N2O2S/c1-2-4-13-7-8(6-12-13)9-3-5-16-10(9)11(14)15/h3,5-7H,2,4H2,1H3,(H,14,15). The summed E-state index contributed by atoms with van der Waals surface area (Å²) in [6.07, 6.45) is 4.61. The highest BCUT2D eigenvalue weighted by Gasteiger charge is 2.14. The zero-order valence-electron chi connectivity index (χ0n) is 8.88. The van der Waals surface area contributed by atoms with Crippen LogP contribution in [0.2, 0.25) is 0 Å². The lowest BCUT2D eigenvalue weighted by Crippen LogP contribution is -1.96. The van der Waals surface area contributed by atoms with Crippen molar-refractivity contribution in [3.05, 3.63) is 28.7 Å². The number of aromatic nitrogens is 2. The molecule has 4 nitrogen and oxygen atoms in total. The monoisotopic (exact) mass is 236 g/mol. The van der Waals surface area contributed by atoms with Gasteiger partial charge in [0.15, 0.2) is 0 Å². The van der Waals surface area contributed by atoms with Crippen LogP contribution in [0.15, 0.2) is 23.8 Å². The highest BCUT2D eigenvalue weighted by molar-refractivity contribution is 7.12. The lowest BCUT2D eigenvalue weighted by molar-refractivity contribution is 0.0703. The Morgan fingerprint density at radius 1 is 1.62 bits per heavy atom. The molecular formula is C11H12N2O2S. The van der Waals surface area contributed by atoms with Gasteiger partial charge in [0.25, 0.3) is 0 Å². The van der Waals surface area contributed by atoms with Gasteiger partial charge in [-0.15, -0.1) is 11.3 Å². The van der Waals surface area contributed by atoms with Gasteiger partial charge in [0.05, 0.1) is 6.20 Å². The van der Waals surface area contributed by atoms with E-state index >= 15 is 0 Å². The number of thiophene rings is 1. The maximum atomic E-state index is 11.0. The first-order valence-electron chi connectivity index (χ1n) is 5.06. The number of hydrogen-bond acceptors (Lipinski definition) is 3. The highest BCUT2D eigenvalue weighted by Crippen LogP contribution is 2.27. The lowest BCUT2D eigenvalue weighted by Gasteiger charge is -1.96. The van der Waals surface area contributed by atoms with Crippen molar-refractivity contribution in [3.63, 3.8) is 0 Å². The van der Waals surface area contributed by atoms with Crippen molar-refractivity contribution in [2.45, 2.75) is 19.9 Å². The van der Waals surface area contributed by atoms with Crippen molar-refractivity contribution >= 4 is 17.3 Å². The number of hydrogen-bond donors (Lipinski definition) is 1. The summed E-state index contributed by atoms with van der Waals surface area (Å²) in [6, 6.07) is 1.82. The van der Waals surface area contributed by atoms with E-state index in [1.807, 2.05) is 16.9 Å². The Balaban J connectivity index is 2.35. The first-order valence-corrected chi connectivity index (χ1v) is 5.94. The van der Waals surface area contributed by atoms with E-state index in [4.69, 9.17) is 5.11 Å². The fourth-order valence-electron chi connectivity index (χ4n) is 1.56. The predicted molar refractivity (Wildman–Crippen MR) is 62.8 cm³/mol. The van der Waals surface area contributed by atoms with E-state index < -0.39 is 5.97 Å². The smallest absolute Gasteiger partial charge is 0.346 e. The molecule has 1 N–H and O–H groups in total. The lowest BCUT2D eigenvalue weighted by atomic mass is 10.1. The topological polar surface area (TPSA) is 55.1 Å². The average molecular weight is 236 g/mol. The Morgan fingerprint density at radius 2 is 2.44 bits per heavy atom. The number of carboxylic acids is 1. The van der Waals surface area contributed by atoms with Gasteiger partial charge in [-0.25, -0.2) is 4.79 Å². The molecule has 0 fully saturated rings. The van der Waals surface area contributed by atoms with Crippen molar-refractivity contribution in [1.29, 1.82) is 0 Å². The summed E-state index contributed by atoms with van der Waals surface area (Å²) in [7, 11) is 0. The number of aromatic carboxylic acids is 1. The number of aryl methyl sites for hydroxylation is 1. The first-order chi connectivity index (χ1) is 7.72. The molecule has 84 valence electrons. The van der Waals surface area contributed by atoms with Crippen LogP contribution in [-0.2, 0) is 6.54 Å². The van der Waals surface area contributed by atoms with Gasteiger partial charge in [-0.1, -0.05) is 6.92 Å². The molecule has 0 aliphatic carbocycles. The molecule has 5 heteroatoms. The zero-order valence-corrected chi connectivity index (χ0v) is 9.70. The molecule has 0 radical (unpaired) electrons. The predicted octanol–water partition coefficient (Wildman–Crippen LogP) is 2.72. The minimum atomic E-state index is -0.881. The summed E-state index contributed by atoms with van der Waals surface area (Å²) in [6.45, 7) is 2.93. The Hall–Kier alpha value is -1.62. The van der Waals surface area contributed by atoms with Gasteiger partial charge < -0.3 is 5.11 Å². The minimum absolute atomic E-state index is 0.371. The van der Waals surface area contributed by atoms with Crippen LogP contribution in [0, 0.1) is 0 Å². The Kier molecular flexibility index (Phi) is 3.05. The molecule has 0 saturated heterocycles. The molecule has 0 spiro atoms. The fraction of sp³-hybridized carbons (Fsp3) is 0.273. The molecule has 2 rings (SSSR count). The maximum absolute atomic E-state index is 11.0. The van der Waals surface area contributed by atoms with E-state index in [0.717, 1.165) is 24.1 Å². The molecular weight excluding hydrogens is 224 g/mol. The normalized spacial score (nSPS) is 10.6. The Bertz CT molecular complexity index is 502. The van der Waals surface area contributed by atoms with Crippen molar-refractivity contribution in [2.24, 2.45) is 0 Å². The summed E-state index contributed by atoms with van der Waals surface area (Å²) in [4.78, 5) is 11.3. The molecule has 2 heterocycles. The van der Waals surface area contributed by atoms with Gasteiger partial charge in [-0.3, -0.25) is 4.68 Å². The summed E-state index contributed by atoms with van der Waals surface area (Å²) < 4.78 is 1.83. The van der Waals surface area contributed by atoms with Gasteiger partial charge in [0, 0.05) is 23.9 Å². The summed E-state index contributed by atoms with van der Waals surface area (Å²) in [5, 5.41) is 15.0.